The molecule has 1 aliphatic heterocycles. The Kier molecular flexibility index (Phi) is 3.17. The zero-order valence-corrected chi connectivity index (χ0v) is 16.1. The van der Waals surface area contributed by atoms with Gasteiger partial charge in [-0.2, -0.15) is 0 Å². The van der Waals surface area contributed by atoms with Gasteiger partial charge in [0.15, 0.2) is 0 Å². The smallest absolute Gasteiger partial charge is 0.261 e. The summed E-state index contributed by atoms with van der Waals surface area (Å²) in [5, 5.41) is 11.9. The predicted octanol–water partition coefficient (Wildman–Crippen LogP) is 2.56. The molecule has 1 aliphatic rings. The fourth-order valence-corrected chi connectivity index (χ4v) is 3.72. The van der Waals surface area contributed by atoms with Crippen LogP contribution in [-0.4, -0.2) is 52.8 Å². The molecule has 0 bridgehead atoms. The van der Waals surface area contributed by atoms with Gasteiger partial charge in [0, 0.05) is 5.69 Å². The van der Waals surface area contributed by atoms with Gasteiger partial charge in [0.2, 0.25) is 0 Å². The van der Waals surface area contributed by atoms with Crippen molar-refractivity contribution < 1.29 is 14.5 Å². The summed E-state index contributed by atoms with van der Waals surface area (Å²) in [7, 11) is 1.60. The van der Waals surface area contributed by atoms with Crippen LogP contribution in [0.2, 0.25) is 0 Å². The number of nitrogen functional groups attached to an aromatic ring is 1. The number of rotatable bonds is 2. The van der Waals surface area contributed by atoms with Crippen LogP contribution in [0.1, 0.15) is 5.48 Å². The van der Waals surface area contributed by atoms with Crippen LogP contribution >= 0.6 is 0 Å². The van der Waals surface area contributed by atoms with Crippen molar-refractivity contribution in [2.45, 2.75) is 0 Å². The van der Waals surface area contributed by atoms with Gasteiger partial charge in [-0.15, -0.1) is 0 Å². The highest BCUT2D eigenvalue weighted by atomic mass is 19.1. The van der Waals surface area contributed by atoms with E-state index in [1.807, 2.05) is 4.90 Å². The van der Waals surface area contributed by atoms with Gasteiger partial charge in [0.1, 0.15) is 17.2 Å². The second-order valence-electron chi connectivity index (χ2n) is 7.58. The zero-order valence-electron chi connectivity index (χ0n) is 20.1. The first-order chi connectivity index (χ1) is 16.0. The number of nitrogens with one attached hydrogen (secondary N) is 2. The second-order valence-corrected chi connectivity index (χ2v) is 7.58. The monoisotopic (exact) mass is 412 g/mol. The van der Waals surface area contributed by atoms with E-state index in [0.29, 0.717) is 31.9 Å². The van der Waals surface area contributed by atoms with Crippen LogP contribution in [0.4, 0.5) is 15.8 Å². The summed E-state index contributed by atoms with van der Waals surface area (Å²) in [5.41, 5.74) is 5.60. The highest BCUT2D eigenvalue weighted by Crippen LogP contribution is 2.31. The molecule has 0 unspecified atom stereocenters. The summed E-state index contributed by atoms with van der Waals surface area (Å²) >= 11 is 0. The van der Waals surface area contributed by atoms with E-state index in [0.717, 1.165) is 6.07 Å². The molecule has 4 aromatic rings. The van der Waals surface area contributed by atoms with Gasteiger partial charge in [-0.3, -0.25) is 4.79 Å². The van der Waals surface area contributed by atoms with Crippen LogP contribution in [-0.2, 0) is 0 Å². The number of hydrogen-bond acceptors (Lipinski definition) is 5. The van der Waals surface area contributed by atoms with E-state index < -0.39 is 17.4 Å². The van der Waals surface area contributed by atoms with E-state index in [1.165, 1.54) is 6.07 Å². The molecule has 30 heavy (non-hydrogen) atoms. The molecule has 0 atom stereocenters. The lowest BCUT2D eigenvalue weighted by Crippen LogP contribution is -2.53. The molecule has 3 heterocycles. The molecule has 0 amide bonds. The van der Waals surface area contributed by atoms with E-state index in [-0.39, 0.29) is 61.8 Å². The van der Waals surface area contributed by atoms with Crippen LogP contribution in [0.3, 0.4) is 0 Å². The number of piperazine rings is 1. The lowest BCUT2D eigenvalue weighted by Gasteiger charge is -2.45. The second kappa shape index (κ2) is 6.54. The van der Waals surface area contributed by atoms with Gasteiger partial charge in [0.25, 0.3) is 5.56 Å². The highest BCUT2D eigenvalue weighted by molar-refractivity contribution is 5.98. The number of nitrogens with two attached hydrogens (primary N) is 1. The average Bonchev–Trinajstić information content (AvgIpc) is 3.20. The van der Waals surface area contributed by atoms with Crippen molar-refractivity contribution in [2.24, 2.45) is 0 Å². The van der Waals surface area contributed by atoms with E-state index in [4.69, 9.17) is 11.2 Å². The molecule has 0 spiro atoms. The van der Waals surface area contributed by atoms with Crippen molar-refractivity contribution >= 4 is 33.3 Å². The molecule has 1 saturated heterocycles. The third-order valence-corrected chi connectivity index (χ3v) is 5.45. The summed E-state index contributed by atoms with van der Waals surface area (Å²) in [4.78, 5) is 24.3. The number of pyridine rings is 1. The molecule has 0 saturated carbocycles. The normalized spacial score (nSPS) is 18.3. The third-order valence-electron chi connectivity index (χ3n) is 5.45. The molecule has 8 nitrogen and oxygen atoms in total. The standard InChI is InChI=1S/C21H21FN6O2/c1-28(30)9-7-27(8-10-28)12-5-6-14-16(11-12)25-20(24-14)18-19(23)17-13(22)3-2-4-15(17)26-21(18)29/h2-6,11H,7-10H2,1H3,(H,24,25)(H3,23,26,29)/i3D,4D,6D,11D. The van der Waals surface area contributed by atoms with E-state index in [1.54, 1.807) is 7.05 Å². The number of aromatic amines is 2. The Morgan fingerprint density at radius 2 is 2.03 bits per heavy atom. The lowest BCUT2D eigenvalue weighted by molar-refractivity contribution is -0.861. The number of likely N-dealkylation sites (N-methyl/N-ethyl adjacent to an activating group) is 1. The SMILES string of the molecule is [2H]c1cc([2H])c2[nH]c(=O)c(-c3nc4c([2H])cc(N5CC[N+](C)([O-])CC5)c([2H])c4[nH]3)c(N)c2c1F. The number of fused-ring (bicyclic) bond motifs is 2. The topological polar surface area (TPSA) is 114 Å². The fraction of sp³-hybridized carbons (Fsp3) is 0.238. The largest absolute Gasteiger partial charge is 0.633 e. The molecule has 0 radical (unpaired) electrons. The Labute approximate surface area is 176 Å². The van der Waals surface area contributed by atoms with Gasteiger partial charge in [-0.05, 0) is 30.2 Å². The first-order valence-corrected chi connectivity index (χ1v) is 9.40. The lowest BCUT2D eigenvalue weighted by atomic mass is 10.1. The minimum absolute atomic E-state index is 0.0114. The quantitative estimate of drug-likeness (QED) is 0.346. The molecule has 2 aromatic heterocycles. The van der Waals surface area contributed by atoms with Crippen LogP contribution in [0, 0.1) is 11.0 Å². The predicted molar refractivity (Wildman–Crippen MR) is 116 cm³/mol. The maximum absolute atomic E-state index is 14.7. The number of H-pyrrole nitrogens is 2. The number of hydroxylamine groups is 3. The summed E-state index contributed by atoms with van der Waals surface area (Å²) in [5.74, 6) is -1.03. The number of hydrogen-bond donors (Lipinski definition) is 3. The van der Waals surface area contributed by atoms with Gasteiger partial charge in [0.05, 0.1) is 66.3 Å². The molecule has 9 heteroatoms. The van der Waals surface area contributed by atoms with Gasteiger partial charge in [-0.1, -0.05) is 6.07 Å². The van der Waals surface area contributed by atoms with Crippen LogP contribution in [0.5, 0.6) is 0 Å². The number of anilines is 2. The maximum atomic E-state index is 14.7. The molecule has 2 aromatic carbocycles. The minimum atomic E-state index is -0.976. The first kappa shape index (κ1) is 14.5. The minimum Gasteiger partial charge on any atom is -0.633 e. The van der Waals surface area contributed by atoms with E-state index in [9.17, 15) is 14.4 Å². The molecule has 1 fully saturated rings. The van der Waals surface area contributed by atoms with Crippen molar-refractivity contribution in [3.63, 3.8) is 0 Å². The molecule has 5 rings (SSSR count). The van der Waals surface area contributed by atoms with E-state index in [2.05, 4.69) is 15.0 Å². The Morgan fingerprint density at radius 3 is 2.80 bits per heavy atom. The van der Waals surface area contributed by atoms with Crippen LogP contribution in [0.25, 0.3) is 33.3 Å². The van der Waals surface area contributed by atoms with Crippen molar-refractivity contribution in [3.05, 3.63) is 57.7 Å². The van der Waals surface area contributed by atoms with Crippen LogP contribution in [0.15, 0.2) is 41.1 Å². The van der Waals surface area contributed by atoms with Crippen LogP contribution < -0.4 is 16.2 Å². The van der Waals surface area contributed by atoms with Gasteiger partial charge >= 0.3 is 0 Å². The number of quaternary nitrogens is 1. The van der Waals surface area contributed by atoms with Gasteiger partial charge in [-0.25, -0.2) is 9.37 Å². The first-order valence-electron chi connectivity index (χ1n) is 11.4. The Bertz CT molecular complexity index is 1540. The number of benzene rings is 2. The summed E-state index contributed by atoms with van der Waals surface area (Å²) in [6.07, 6.45) is 0. The molecule has 154 valence electrons. The Balaban J connectivity index is 1.69. The number of imidazole rings is 1. The zero-order chi connectivity index (χ0) is 24.5. The number of nitrogens with zero attached hydrogens (tertiary/aromatic N) is 3. The van der Waals surface area contributed by atoms with Crippen molar-refractivity contribution in [1.82, 2.24) is 15.0 Å². The highest BCUT2D eigenvalue weighted by Gasteiger charge is 2.22. The fourth-order valence-electron chi connectivity index (χ4n) is 3.72. The maximum Gasteiger partial charge on any atom is 0.261 e. The van der Waals surface area contributed by atoms with Gasteiger partial charge < -0.3 is 30.5 Å². The average molecular weight is 412 g/mol. The third kappa shape index (κ3) is 2.99. The van der Waals surface area contributed by atoms with Crippen molar-refractivity contribution in [2.75, 3.05) is 43.9 Å². The Hall–Kier alpha value is -3.43. The summed E-state index contributed by atoms with van der Waals surface area (Å²) in [6.45, 7) is 1.56. The number of halogens is 1. The van der Waals surface area contributed by atoms with Crippen molar-refractivity contribution in [3.8, 4) is 11.4 Å². The molecular formula is C21H21FN6O2. The van der Waals surface area contributed by atoms with Crippen molar-refractivity contribution in [1.29, 1.82) is 0 Å². The molecular weight excluding hydrogens is 387 g/mol. The summed E-state index contributed by atoms with van der Waals surface area (Å²) in [6, 6.07) is 1.76. The molecule has 4 N–H and O–H groups in total. The molecule has 0 aliphatic carbocycles. The number of aromatic nitrogens is 3. The summed E-state index contributed by atoms with van der Waals surface area (Å²) < 4.78 is 47.1. The Morgan fingerprint density at radius 1 is 1.27 bits per heavy atom. The van der Waals surface area contributed by atoms with E-state index >= 15 is 0 Å².